The lowest BCUT2D eigenvalue weighted by Crippen LogP contribution is -2.42. The van der Waals surface area contributed by atoms with E-state index in [4.69, 9.17) is 0 Å². The molecule has 0 spiro atoms. The Morgan fingerprint density at radius 1 is 1.16 bits per heavy atom. The third kappa shape index (κ3) is 4.01. The maximum atomic E-state index is 12.7. The Morgan fingerprint density at radius 3 is 2.44 bits per heavy atom. The van der Waals surface area contributed by atoms with Crippen LogP contribution in [0.15, 0.2) is 29.2 Å². The maximum Gasteiger partial charge on any atom is 0.326 e. The van der Waals surface area contributed by atoms with E-state index in [9.17, 15) is 23.1 Å². The van der Waals surface area contributed by atoms with Gasteiger partial charge in [0.2, 0.25) is 10.0 Å². The Labute approximate surface area is 147 Å². The second-order valence-electron chi connectivity index (χ2n) is 6.62. The van der Waals surface area contributed by atoms with Crippen molar-refractivity contribution in [3.63, 3.8) is 0 Å². The predicted octanol–water partition coefficient (Wildman–Crippen LogP) is 1.45. The molecular formula is C17H22N2O5S. The van der Waals surface area contributed by atoms with E-state index in [0.717, 1.165) is 32.1 Å². The quantitative estimate of drug-likeness (QED) is 0.793. The monoisotopic (exact) mass is 366 g/mol. The summed E-state index contributed by atoms with van der Waals surface area (Å²) in [5, 5.41) is 11.7. The molecule has 2 aliphatic rings. The number of nitrogens with one attached hydrogen (secondary N) is 1. The highest BCUT2D eigenvalue weighted by Gasteiger charge is 2.37. The van der Waals surface area contributed by atoms with Crippen molar-refractivity contribution < 1.29 is 23.1 Å². The van der Waals surface area contributed by atoms with Crippen molar-refractivity contribution in [3.05, 3.63) is 29.8 Å². The van der Waals surface area contributed by atoms with Gasteiger partial charge in [-0.1, -0.05) is 12.5 Å². The molecule has 1 aromatic carbocycles. The normalized spacial score (nSPS) is 20.0. The Kier molecular flexibility index (Phi) is 5.10. The second kappa shape index (κ2) is 7.13. The van der Waals surface area contributed by atoms with Crippen LogP contribution in [0.1, 0.15) is 42.5 Å². The highest BCUT2D eigenvalue weighted by atomic mass is 32.2. The van der Waals surface area contributed by atoms with Gasteiger partial charge in [0.25, 0.3) is 5.91 Å². The molecule has 7 nitrogen and oxygen atoms in total. The fourth-order valence-corrected chi connectivity index (χ4v) is 4.65. The van der Waals surface area contributed by atoms with Gasteiger partial charge in [0.1, 0.15) is 6.04 Å². The van der Waals surface area contributed by atoms with Crippen molar-refractivity contribution in [1.82, 2.24) is 9.62 Å². The zero-order valence-electron chi connectivity index (χ0n) is 13.8. The summed E-state index contributed by atoms with van der Waals surface area (Å²) < 4.78 is 26.9. The number of benzene rings is 1. The van der Waals surface area contributed by atoms with E-state index < -0.39 is 27.9 Å². The summed E-state index contributed by atoms with van der Waals surface area (Å²) in [7, 11) is -3.63. The van der Waals surface area contributed by atoms with Crippen molar-refractivity contribution in [2.75, 3.05) is 13.1 Å². The SMILES string of the molecule is O=C(NC(C(=O)O)C1CC1)c1cccc(S(=O)(=O)N2CCCCC2)c1. The zero-order chi connectivity index (χ0) is 18.0. The second-order valence-corrected chi connectivity index (χ2v) is 8.56. The van der Waals surface area contributed by atoms with Gasteiger partial charge in [0, 0.05) is 18.7 Å². The Bertz CT molecular complexity index is 767. The Balaban J connectivity index is 1.78. The Hall–Kier alpha value is -1.93. The largest absolute Gasteiger partial charge is 0.480 e. The number of carbonyl (C=O) groups excluding carboxylic acids is 1. The first kappa shape index (κ1) is 17.9. The molecule has 0 aromatic heterocycles. The highest BCUT2D eigenvalue weighted by Crippen LogP contribution is 2.33. The minimum Gasteiger partial charge on any atom is -0.480 e. The number of carboxylic acid groups (broad SMARTS) is 1. The van der Waals surface area contributed by atoms with E-state index in [2.05, 4.69) is 5.32 Å². The van der Waals surface area contributed by atoms with Crippen molar-refractivity contribution in [2.45, 2.75) is 43.0 Å². The molecule has 3 rings (SSSR count). The minimum absolute atomic E-state index is 0.0401. The number of rotatable bonds is 6. The van der Waals surface area contributed by atoms with E-state index >= 15 is 0 Å². The summed E-state index contributed by atoms with van der Waals surface area (Å²) in [4.78, 5) is 23.7. The average molecular weight is 366 g/mol. The average Bonchev–Trinajstić information content (AvgIpc) is 3.45. The summed E-state index contributed by atoms with van der Waals surface area (Å²) in [6, 6.07) is 4.88. The number of hydrogen-bond donors (Lipinski definition) is 2. The molecule has 0 radical (unpaired) electrons. The van der Waals surface area contributed by atoms with Crippen molar-refractivity contribution in [3.8, 4) is 0 Å². The van der Waals surface area contributed by atoms with E-state index in [1.165, 1.54) is 28.6 Å². The van der Waals surface area contributed by atoms with Crippen molar-refractivity contribution >= 4 is 21.9 Å². The smallest absolute Gasteiger partial charge is 0.326 e. The van der Waals surface area contributed by atoms with Crippen LogP contribution < -0.4 is 5.32 Å². The number of amides is 1. The van der Waals surface area contributed by atoms with Crippen LogP contribution in [0.5, 0.6) is 0 Å². The maximum absolute atomic E-state index is 12.7. The number of hydrogen-bond acceptors (Lipinski definition) is 4. The third-order valence-corrected chi connectivity index (χ3v) is 6.59. The lowest BCUT2D eigenvalue weighted by molar-refractivity contribution is -0.139. The van der Waals surface area contributed by atoms with Gasteiger partial charge < -0.3 is 10.4 Å². The molecule has 1 heterocycles. The van der Waals surface area contributed by atoms with Crippen molar-refractivity contribution in [1.29, 1.82) is 0 Å². The van der Waals surface area contributed by atoms with Gasteiger partial charge in [-0.3, -0.25) is 4.79 Å². The van der Waals surface area contributed by atoms with Gasteiger partial charge in [-0.05, 0) is 49.8 Å². The van der Waals surface area contributed by atoms with Crippen LogP contribution in [0.2, 0.25) is 0 Å². The van der Waals surface area contributed by atoms with Crippen LogP contribution in [0, 0.1) is 5.92 Å². The number of sulfonamides is 1. The predicted molar refractivity (Wildman–Crippen MR) is 90.7 cm³/mol. The van der Waals surface area contributed by atoms with Crippen LogP contribution >= 0.6 is 0 Å². The van der Waals surface area contributed by atoms with Gasteiger partial charge in [0.15, 0.2) is 0 Å². The van der Waals surface area contributed by atoms with Gasteiger partial charge >= 0.3 is 5.97 Å². The molecule has 0 bridgehead atoms. The van der Waals surface area contributed by atoms with E-state index in [1.807, 2.05) is 0 Å². The van der Waals surface area contributed by atoms with Crippen LogP contribution in [0.3, 0.4) is 0 Å². The van der Waals surface area contributed by atoms with E-state index in [1.54, 1.807) is 0 Å². The topological polar surface area (TPSA) is 104 Å². The molecule has 2 fully saturated rings. The van der Waals surface area contributed by atoms with Gasteiger partial charge in [-0.15, -0.1) is 0 Å². The standard InChI is InChI=1S/C17H22N2O5S/c20-16(18-15(17(21)22)12-7-8-12)13-5-4-6-14(11-13)25(23,24)19-9-2-1-3-10-19/h4-6,11-12,15H,1-3,7-10H2,(H,18,20)(H,21,22). The lowest BCUT2D eigenvalue weighted by Gasteiger charge is -2.26. The van der Waals surface area contributed by atoms with E-state index in [0.29, 0.717) is 13.1 Å². The summed E-state index contributed by atoms with van der Waals surface area (Å²) in [5.74, 6) is -1.66. The van der Waals surface area contributed by atoms with Gasteiger partial charge in [-0.25, -0.2) is 13.2 Å². The molecule has 1 aliphatic heterocycles. The van der Waals surface area contributed by atoms with Crippen LogP contribution in [0.25, 0.3) is 0 Å². The zero-order valence-corrected chi connectivity index (χ0v) is 14.7. The van der Waals surface area contributed by atoms with Gasteiger partial charge in [-0.2, -0.15) is 4.31 Å². The number of carboxylic acids is 1. The first-order chi connectivity index (χ1) is 11.9. The number of nitrogens with zero attached hydrogens (tertiary/aromatic N) is 1. The third-order valence-electron chi connectivity index (χ3n) is 4.70. The van der Waals surface area contributed by atoms with Crippen LogP contribution in [-0.2, 0) is 14.8 Å². The molecule has 8 heteroatoms. The van der Waals surface area contributed by atoms with Crippen LogP contribution in [-0.4, -0.2) is 48.8 Å². The molecule has 1 aromatic rings. The summed E-state index contributed by atoms with van der Waals surface area (Å²) in [5.41, 5.74) is 0.157. The Morgan fingerprint density at radius 2 is 1.84 bits per heavy atom. The molecule has 1 amide bonds. The number of aliphatic carboxylic acids is 1. The highest BCUT2D eigenvalue weighted by molar-refractivity contribution is 7.89. The molecule has 136 valence electrons. The first-order valence-corrected chi connectivity index (χ1v) is 9.97. The molecular weight excluding hydrogens is 344 g/mol. The first-order valence-electron chi connectivity index (χ1n) is 8.53. The summed E-state index contributed by atoms with van der Waals surface area (Å²) >= 11 is 0. The lowest BCUT2D eigenvalue weighted by atomic mass is 10.1. The van der Waals surface area contributed by atoms with E-state index in [-0.39, 0.29) is 16.4 Å². The molecule has 1 saturated heterocycles. The van der Waals surface area contributed by atoms with Crippen molar-refractivity contribution in [2.24, 2.45) is 5.92 Å². The number of piperidine rings is 1. The molecule has 2 N–H and O–H groups in total. The minimum atomic E-state index is -3.63. The van der Waals surface area contributed by atoms with Crippen LogP contribution in [0.4, 0.5) is 0 Å². The fourth-order valence-electron chi connectivity index (χ4n) is 3.09. The fraction of sp³-hybridized carbons (Fsp3) is 0.529. The molecule has 1 atom stereocenters. The molecule has 1 saturated carbocycles. The molecule has 1 unspecified atom stereocenters. The molecule has 1 aliphatic carbocycles. The molecule has 25 heavy (non-hydrogen) atoms. The summed E-state index contributed by atoms with van der Waals surface area (Å²) in [6.45, 7) is 0.975. The van der Waals surface area contributed by atoms with Gasteiger partial charge in [0.05, 0.1) is 4.90 Å². The number of carbonyl (C=O) groups is 2. The summed E-state index contributed by atoms with van der Waals surface area (Å²) in [6.07, 6.45) is 4.25.